The molecule has 1 aromatic heterocycles. The molecule has 3 aromatic rings. The average Bonchev–Trinajstić information content (AvgIpc) is 2.99. The molecule has 0 N–H and O–H groups in total. The van der Waals surface area contributed by atoms with Crippen LogP contribution in [0.1, 0.15) is 11.3 Å². The van der Waals surface area contributed by atoms with Gasteiger partial charge in [-0.1, -0.05) is 30.3 Å². The molecule has 0 unspecified atom stereocenters. The van der Waals surface area contributed by atoms with Crippen LogP contribution >= 0.6 is 0 Å². The Kier molecular flexibility index (Phi) is 6.32. The SMILES string of the molecule is O=C(Cc1ccc(F)cc1)N1CCN(c2ccccc2)C[C@H](Cc2cnccn2)C1. The molecule has 6 heteroatoms. The summed E-state index contributed by atoms with van der Waals surface area (Å²) in [5.41, 5.74) is 2.92. The Balaban J connectivity index is 1.51. The third-order valence-corrected chi connectivity index (χ3v) is 5.45. The van der Waals surface area contributed by atoms with Crippen LogP contribution in [0.25, 0.3) is 0 Å². The van der Waals surface area contributed by atoms with Crippen molar-refractivity contribution in [3.63, 3.8) is 0 Å². The molecular weight excluding hydrogens is 379 g/mol. The van der Waals surface area contributed by atoms with E-state index in [0.717, 1.165) is 36.5 Å². The van der Waals surface area contributed by atoms with Gasteiger partial charge in [0.1, 0.15) is 5.82 Å². The molecule has 1 amide bonds. The van der Waals surface area contributed by atoms with E-state index in [0.29, 0.717) is 13.1 Å². The molecular formula is C24H25FN4O. The maximum absolute atomic E-state index is 13.2. The predicted molar refractivity (Wildman–Crippen MR) is 115 cm³/mol. The molecule has 30 heavy (non-hydrogen) atoms. The highest BCUT2D eigenvalue weighted by atomic mass is 19.1. The third-order valence-electron chi connectivity index (χ3n) is 5.45. The summed E-state index contributed by atoms with van der Waals surface area (Å²) in [4.78, 5) is 25.9. The molecule has 5 nitrogen and oxygen atoms in total. The lowest BCUT2D eigenvalue weighted by molar-refractivity contribution is -0.130. The van der Waals surface area contributed by atoms with Gasteiger partial charge in [0.2, 0.25) is 5.91 Å². The Morgan fingerprint density at radius 3 is 2.53 bits per heavy atom. The Bertz CT molecular complexity index is 950. The first kappa shape index (κ1) is 20.0. The van der Waals surface area contributed by atoms with Gasteiger partial charge in [-0.05, 0) is 42.2 Å². The van der Waals surface area contributed by atoms with Crippen molar-refractivity contribution in [2.24, 2.45) is 5.92 Å². The van der Waals surface area contributed by atoms with Crippen molar-refractivity contribution in [3.8, 4) is 0 Å². The molecule has 1 atom stereocenters. The lowest BCUT2D eigenvalue weighted by Gasteiger charge is -2.25. The summed E-state index contributed by atoms with van der Waals surface area (Å²) in [6.07, 6.45) is 6.22. The van der Waals surface area contributed by atoms with Gasteiger partial charge >= 0.3 is 0 Å². The van der Waals surface area contributed by atoms with E-state index in [1.54, 1.807) is 30.7 Å². The normalized spacial score (nSPS) is 16.9. The molecule has 1 saturated heterocycles. The number of carbonyl (C=O) groups excluding carboxylic acids is 1. The molecule has 4 rings (SSSR count). The van der Waals surface area contributed by atoms with Gasteiger partial charge < -0.3 is 9.80 Å². The highest BCUT2D eigenvalue weighted by Gasteiger charge is 2.26. The first-order valence-corrected chi connectivity index (χ1v) is 10.2. The summed E-state index contributed by atoms with van der Waals surface area (Å²) >= 11 is 0. The minimum atomic E-state index is -0.288. The maximum Gasteiger partial charge on any atom is 0.227 e. The largest absolute Gasteiger partial charge is 0.369 e. The van der Waals surface area contributed by atoms with Gasteiger partial charge in [0.15, 0.2) is 0 Å². The van der Waals surface area contributed by atoms with Crippen LogP contribution in [0.4, 0.5) is 10.1 Å². The van der Waals surface area contributed by atoms with E-state index >= 15 is 0 Å². The second-order valence-corrected chi connectivity index (χ2v) is 7.69. The second kappa shape index (κ2) is 9.48. The number of halogens is 1. The maximum atomic E-state index is 13.2. The van der Waals surface area contributed by atoms with Crippen LogP contribution < -0.4 is 4.90 Å². The van der Waals surface area contributed by atoms with Crippen molar-refractivity contribution in [1.29, 1.82) is 0 Å². The quantitative estimate of drug-likeness (QED) is 0.654. The Morgan fingerprint density at radius 1 is 1.00 bits per heavy atom. The van der Waals surface area contributed by atoms with Gasteiger partial charge in [0.25, 0.3) is 0 Å². The van der Waals surface area contributed by atoms with Crippen molar-refractivity contribution in [3.05, 3.63) is 90.3 Å². The minimum absolute atomic E-state index is 0.0701. The Hall–Kier alpha value is -3.28. The number of rotatable bonds is 5. The fourth-order valence-electron chi connectivity index (χ4n) is 3.95. The van der Waals surface area contributed by atoms with Crippen LogP contribution in [-0.4, -0.2) is 47.0 Å². The first-order valence-electron chi connectivity index (χ1n) is 10.2. The minimum Gasteiger partial charge on any atom is -0.369 e. The van der Waals surface area contributed by atoms with Gasteiger partial charge in [-0.2, -0.15) is 0 Å². The van der Waals surface area contributed by atoms with E-state index < -0.39 is 0 Å². The van der Waals surface area contributed by atoms with E-state index in [9.17, 15) is 9.18 Å². The number of aromatic nitrogens is 2. The molecule has 2 heterocycles. The number of carbonyl (C=O) groups is 1. The fourth-order valence-corrected chi connectivity index (χ4v) is 3.95. The van der Waals surface area contributed by atoms with Gasteiger partial charge in [-0.15, -0.1) is 0 Å². The number of anilines is 1. The molecule has 2 aromatic carbocycles. The third kappa shape index (κ3) is 5.20. The molecule has 0 bridgehead atoms. The van der Waals surface area contributed by atoms with Gasteiger partial charge in [-0.25, -0.2) is 4.39 Å². The van der Waals surface area contributed by atoms with Gasteiger partial charge in [0.05, 0.1) is 12.1 Å². The topological polar surface area (TPSA) is 49.3 Å². The van der Waals surface area contributed by atoms with E-state index in [2.05, 4.69) is 27.0 Å². The highest BCUT2D eigenvalue weighted by Crippen LogP contribution is 2.21. The second-order valence-electron chi connectivity index (χ2n) is 7.69. The monoisotopic (exact) mass is 404 g/mol. The lowest BCUT2D eigenvalue weighted by Crippen LogP contribution is -2.37. The van der Waals surface area contributed by atoms with Crippen molar-refractivity contribution in [2.45, 2.75) is 12.8 Å². The zero-order chi connectivity index (χ0) is 20.8. The van der Waals surface area contributed by atoms with Crippen molar-refractivity contribution >= 4 is 11.6 Å². The van der Waals surface area contributed by atoms with Crippen molar-refractivity contribution in [1.82, 2.24) is 14.9 Å². The van der Waals surface area contributed by atoms with Gasteiger partial charge in [0, 0.05) is 50.5 Å². The number of para-hydroxylation sites is 1. The average molecular weight is 404 g/mol. The predicted octanol–water partition coefficient (Wildman–Crippen LogP) is 3.37. The fraction of sp³-hybridized carbons (Fsp3) is 0.292. The molecule has 154 valence electrons. The molecule has 1 aliphatic rings. The standard InChI is InChI=1S/C24H25FN4O/c25-21-8-6-19(7-9-21)15-24(30)29-13-12-28(23-4-2-1-3-5-23)17-20(18-29)14-22-16-26-10-11-27-22/h1-11,16,20H,12-15,17-18H2/t20-/m0/s1. The molecule has 0 saturated carbocycles. The summed E-state index contributed by atoms with van der Waals surface area (Å²) in [5.74, 6) is 0.0192. The summed E-state index contributed by atoms with van der Waals surface area (Å²) in [6, 6.07) is 16.5. The highest BCUT2D eigenvalue weighted by molar-refractivity contribution is 5.79. The summed E-state index contributed by atoms with van der Waals surface area (Å²) in [7, 11) is 0. The van der Waals surface area contributed by atoms with E-state index in [1.807, 2.05) is 23.1 Å². The first-order chi connectivity index (χ1) is 14.7. The summed E-state index contributed by atoms with van der Waals surface area (Å²) in [6.45, 7) is 2.95. The van der Waals surface area contributed by atoms with E-state index in [4.69, 9.17) is 0 Å². The summed E-state index contributed by atoms with van der Waals surface area (Å²) in [5, 5.41) is 0. The number of hydrogen-bond donors (Lipinski definition) is 0. The Morgan fingerprint density at radius 2 is 1.80 bits per heavy atom. The van der Waals surface area contributed by atoms with Crippen molar-refractivity contribution < 1.29 is 9.18 Å². The van der Waals surface area contributed by atoms with E-state index in [1.165, 1.54) is 12.1 Å². The van der Waals surface area contributed by atoms with Crippen LogP contribution in [0.3, 0.4) is 0 Å². The molecule has 1 fully saturated rings. The number of amides is 1. The Labute approximate surface area is 176 Å². The van der Waals surface area contributed by atoms with Crippen LogP contribution in [0.5, 0.6) is 0 Å². The lowest BCUT2D eigenvalue weighted by atomic mass is 10.0. The van der Waals surface area contributed by atoms with Crippen LogP contribution in [0.15, 0.2) is 73.2 Å². The molecule has 0 aliphatic carbocycles. The zero-order valence-corrected chi connectivity index (χ0v) is 16.8. The molecule has 1 aliphatic heterocycles. The number of benzene rings is 2. The van der Waals surface area contributed by atoms with E-state index in [-0.39, 0.29) is 24.1 Å². The zero-order valence-electron chi connectivity index (χ0n) is 16.8. The number of hydrogen-bond acceptors (Lipinski definition) is 4. The van der Waals surface area contributed by atoms with Crippen LogP contribution in [-0.2, 0) is 17.6 Å². The smallest absolute Gasteiger partial charge is 0.227 e. The van der Waals surface area contributed by atoms with Crippen LogP contribution in [0.2, 0.25) is 0 Å². The molecule has 0 spiro atoms. The van der Waals surface area contributed by atoms with Crippen molar-refractivity contribution in [2.75, 3.05) is 31.1 Å². The number of nitrogens with zero attached hydrogens (tertiary/aromatic N) is 4. The molecule has 0 radical (unpaired) electrons. The van der Waals surface area contributed by atoms with Crippen LogP contribution in [0, 0.1) is 11.7 Å². The van der Waals surface area contributed by atoms with Gasteiger partial charge in [-0.3, -0.25) is 14.8 Å². The summed E-state index contributed by atoms with van der Waals surface area (Å²) < 4.78 is 13.2.